The molecule has 0 aliphatic rings. The van der Waals surface area contributed by atoms with Crippen molar-refractivity contribution in [1.29, 1.82) is 0 Å². The standard InChI is InChI=1S/C20H24F2N2O5S/c1-4-24(5-2)30(26,27)16-9-6-14(7-10-16)13-23-19(25)15-8-11-17(29-20(21)22)18(12-15)28-3/h6-12,20H,4-5,13H2,1-3H3,(H,23,25). The summed E-state index contributed by atoms with van der Waals surface area (Å²) in [6.07, 6.45) is 0. The number of ether oxygens (including phenoxy) is 2. The molecule has 164 valence electrons. The number of alkyl halides is 2. The number of nitrogens with one attached hydrogen (secondary N) is 1. The predicted molar refractivity (Wildman–Crippen MR) is 107 cm³/mol. The summed E-state index contributed by atoms with van der Waals surface area (Å²) in [5.74, 6) is -0.611. The third-order valence-electron chi connectivity index (χ3n) is 4.36. The lowest BCUT2D eigenvalue weighted by Crippen LogP contribution is -2.30. The van der Waals surface area contributed by atoms with E-state index >= 15 is 0 Å². The molecule has 30 heavy (non-hydrogen) atoms. The van der Waals surface area contributed by atoms with Gasteiger partial charge < -0.3 is 14.8 Å². The van der Waals surface area contributed by atoms with E-state index in [9.17, 15) is 22.0 Å². The van der Waals surface area contributed by atoms with Crippen LogP contribution in [0.25, 0.3) is 0 Å². The van der Waals surface area contributed by atoms with Crippen molar-refractivity contribution >= 4 is 15.9 Å². The van der Waals surface area contributed by atoms with Gasteiger partial charge in [0.05, 0.1) is 12.0 Å². The monoisotopic (exact) mass is 442 g/mol. The van der Waals surface area contributed by atoms with Gasteiger partial charge in [-0.15, -0.1) is 0 Å². The number of halogens is 2. The molecule has 0 aliphatic carbocycles. The van der Waals surface area contributed by atoms with Gasteiger partial charge in [-0.2, -0.15) is 13.1 Å². The molecule has 1 N–H and O–H groups in total. The molecule has 10 heteroatoms. The Kier molecular flexibility index (Phi) is 8.13. The topological polar surface area (TPSA) is 84.9 Å². The summed E-state index contributed by atoms with van der Waals surface area (Å²) in [5.41, 5.74) is 0.903. The highest BCUT2D eigenvalue weighted by molar-refractivity contribution is 7.89. The third kappa shape index (κ3) is 5.67. The molecule has 0 spiro atoms. The Bertz CT molecular complexity index is 962. The summed E-state index contributed by atoms with van der Waals surface area (Å²) in [7, 11) is -2.26. The van der Waals surface area contributed by atoms with Crippen LogP contribution in [0, 0.1) is 0 Å². The summed E-state index contributed by atoms with van der Waals surface area (Å²) in [6, 6.07) is 10.1. The van der Waals surface area contributed by atoms with Crippen LogP contribution in [-0.2, 0) is 16.6 Å². The van der Waals surface area contributed by atoms with E-state index in [-0.39, 0.29) is 28.5 Å². The van der Waals surface area contributed by atoms with Gasteiger partial charge in [-0.05, 0) is 35.9 Å². The zero-order valence-electron chi connectivity index (χ0n) is 16.9. The number of sulfonamides is 1. The van der Waals surface area contributed by atoms with E-state index in [4.69, 9.17) is 4.74 Å². The number of hydrogen-bond donors (Lipinski definition) is 1. The molecule has 0 saturated heterocycles. The second-order valence-corrected chi connectivity index (χ2v) is 8.10. The summed E-state index contributed by atoms with van der Waals surface area (Å²) >= 11 is 0. The largest absolute Gasteiger partial charge is 0.493 e. The first-order valence-electron chi connectivity index (χ1n) is 9.23. The van der Waals surface area contributed by atoms with Crippen molar-refractivity contribution < 1.29 is 31.5 Å². The van der Waals surface area contributed by atoms with E-state index in [1.54, 1.807) is 26.0 Å². The molecular formula is C20H24F2N2O5S. The lowest BCUT2D eigenvalue weighted by molar-refractivity contribution is -0.0512. The zero-order chi connectivity index (χ0) is 22.3. The number of nitrogens with zero attached hydrogens (tertiary/aromatic N) is 1. The Morgan fingerprint density at radius 2 is 1.70 bits per heavy atom. The maximum atomic E-state index is 12.5. The molecule has 0 unspecified atom stereocenters. The van der Waals surface area contributed by atoms with Crippen LogP contribution in [0.4, 0.5) is 8.78 Å². The van der Waals surface area contributed by atoms with Gasteiger partial charge in [-0.1, -0.05) is 26.0 Å². The highest BCUT2D eigenvalue weighted by atomic mass is 32.2. The second kappa shape index (κ2) is 10.4. The fourth-order valence-electron chi connectivity index (χ4n) is 2.78. The molecular weight excluding hydrogens is 418 g/mol. The zero-order valence-corrected chi connectivity index (χ0v) is 17.7. The predicted octanol–water partition coefficient (Wildman–Crippen LogP) is 3.26. The van der Waals surface area contributed by atoms with Gasteiger partial charge in [-0.25, -0.2) is 8.42 Å². The minimum Gasteiger partial charge on any atom is -0.493 e. The summed E-state index contributed by atoms with van der Waals surface area (Å²) < 4.78 is 60.5. The Labute approximate surface area is 174 Å². The average Bonchev–Trinajstić information content (AvgIpc) is 2.72. The summed E-state index contributed by atoms with van der Waals surface area (Å²) in [4.78, 5) is 12.5. The SMILES string of the molecule is CCN(CC)S(=O)(=O)c1ccc(CNC(=O)c2ccc(OC(F)F)c(OC)c2)cc1. The van der Waals surface area contributed by atoms with Crippen LogP contribution in [0.2, 0.25) is 0 Å². The van der Waals surface area contributed by atoms with E-state index in [1.807, 2.05) is 0 Å². The van der Waals surface area contributed by atoms with Crippen molar-refractivity contribution in [2.24, 2.45) is 0 Å². The fraction of sp³-hybridized carbons (Fsp3) is 0.350. The van der Waals surface area contributed by atoms with E-state index in [1.165, 1.54) is 41.7 Å². The van der Waals surface area contributed by atoms with Crippen LogP contribution >= 0.6 is 0 Å². The summed E-state index contributed by atoms with van der Waals surface area (Å²) in [5, 5.41) is 2.69. The van der Waals surface area contributed by atoms with Crippen molar-refractivity contribution in [3.8, 4) is 11.5 Å². The van der Waals surface area contributed by atoms with Crippen molar-refractivity contribution in [2.45, 2.75) is 31.9 Å². The molecule has 0 saturated carbocycles. The molecule has 0 aliphatic heterocycles. The number of methoxy groups -OCH3 is 1. The third-order valence-corrected chi connectivity index (χ3v) is 6.43. The second-order valence-electron chi connectivity index (χ2n) is 6.16. The molecule has 2 aromatic rings. The quantitative estimate of drug-likeness (QED) is 0.611. The minimum atomic E-state index is -3.55. The van der Waals surface area contributed by atoms with Crippen LogP contribution in [-0.4, -0.2) is 45.4 Å². The van der Waals surface area contributed by atoms with Gasteiger partial charge in [0, 0.05) is 25.2 Å². The molecule has 0 atom stereocenters. The fourth-order valence-corrected chi connectivity index (χ4v) is 4.24. The first-order chi connectivity index (χ1) is 14.2. The number of benzene rings is 2. The molecule has 0 radical (unpaired) electrons. The lowest BCUT2D eigenvalue weighted by Gasteiger charge is -2.18. The van der Waals surface area contributed by atoms with Gasteiger partial charge >= 0.3 is 6.61 Å². The maximum absolute atomic E-state index is 12.5. The highest BCUT2D eigenvalue weighted by Crippen LogP contribution is 2.29. The minimum absolute atomic E-state index is 0.00825. The van der Waals surface area contributed by atoms with E-state index < -0.39 is 22.5 Å². The van der Waals surface area contributed by atoms with Crippen LogP contribution in [0.5, 0.6) is 11.5 Å². The molecule has 2 rings (SSSR count). The van der Waals surface area contributed by atoms with Crippen molar-refractivity contribution in [3.63, 3.8) is 0 Å². The van der Waals surface area contributed by atoms with Gasteiger partial charge in [0.15, 0.2) is 11.5 Å². The average molecular weight is 442 g/mol. The summed E-state index contributed by atoms with van der Waals surface area (Å²) in [6.45, 7) is 1.44. The Morgan fingerprint density at radius 3 is 2.23 bits per heavy atom. The van der Waals surface area contributed by atoms with E-state index in [0.717, 1.165) is 0 Å². The van der Waals surface area contributed by atoms with Crippen molar-refractivity contribution in [1.82, 2.24) is 9.62 Å². The van der Waals surface area contributed by atoms with Gasteiger partial charge in [0.1, 0.15) is 0 Å². The highest BCUT2D eigenvalue weighted by Gasteiger charge is 2.21. The van der Waals surface area contributed by atoms with Crippen LogP contribution in [0.1, 0.15) is 29.8 Å². The normalized spacial score (nSPS) is 11.6. The Morgan fingerprint density at radius 1 is 1.07 bits per heavy atom. The molecule has 2 aromatic carbocycles. The number of amides is 1. The van der Waals surface area contributed by atoms with Crippen LogP contribution in [0.3, 0.4) is 0 Å². The first kappa shape index (κ1) is 23.6. The van der Waals surface area contributed by atoms with E-state index in [2.05, 4.69) is 10.1 Å². The molecule has 0 aromatic heterocycles. The number of rotatable bonds is 10. The van der Waals surface area contributed by atoms with Crippen molar-refractivity contribution in [3.05, 3.63) is 53.6 Å². The number of carbonyl (C=O) groups excluding carboxylic acids is 1. The molecule has 7 nitrogen and oxygen atoms in total. The van der Waals surface area contributed by atoms with E-state index in [0.29, 0.717) is 18.7 Å². The first-order valence-corrected chi connectivity index (χ1v) is 10.7. The maximum Gasteiger partial charge on any atom is 0.387 e. The van der Waals surface area contributed by atoms with Crippen LogP contribution < -0.4 is 14.8 Å². The lowest BCUT2D eigenvalue weighted by atomic mass is 10.1. The molecule has 0 heterocycles. The Hall–Kier alpha value is -2.72. The van der Waals surface area contributed by atoms with Gasteiger partial charge in [-0.3, -0.25) is 4.79 Å². The van der Waals surface area contributed by atoms with Gasteiger partial charge in [0.25, 0.3) is 5.91 Å². The number of carbonyl (C=O) groups is 1. The van der Waals surface area contributed by atoms with Gasteiger partial charge in [0.2, 0.25) is 10.0 Å². The Balaban J connectivity index is 2.06. The molecule has 1 amide bonds. The smallest absolute Gasteiger partial charge is 0.387 e. The molecule has 0 bridgehead atoms. The number of hydrogen-bond acceptors (Lipinski definition) is 5. The molecule has 0 fully saturated rings. The van der Waals surface area contributed by atoms with Crippen molar-refractivity contribution in [2.75, 3.05) is 20.2 Å². The van der Waals surface area contributed by atoms with Crippen LogP contribution in [0.15, 0.2) is 47.4 Å².